The molecule has 0 amide bonds. The Morgan fingerprint density at radius 3 is 2.22 bits per heavy atom. The molecule has 12 nitrogen and oxygen atoms in total. The molecule has 140 valence electrons. The minimum atomic E-state index is -1.82. The zero-order valence-corrected chi connectivity index (χ0v) is 13.5. The van der Waals surface area contributed by atoms with E-state index in [4.69, 9.17) is 5.73 Å². The number of carbonyl (C=O) groups is 3. The van der Waals surface area contributed by atoms with Crippen molar-refractivity contribution in [3.05, 3.63) is 55.4 Å². The molecule has 0 radical (unpaired) electrons. The third-order valence-corrected chi connectivity index (χ3v) is 3.57. The van der Waals surface area contributed by atoms with Crippen LogP contribution in [0.5, 0.6) is 0 Å². The van der Waals surface area contributed by atoms with Crippen LogP contribution >= 0.6 is 0 Å². The Morgan fingerprint density at radius 1 is 1.15 bits per heavy atom. The van der Waals surface area contributed by atoms with Crippen LogP contribution in [-0.2, 0) is 4.74 Å². The van der Waals surface area contributed by atoms with Gasteiger partial charge in [-0.05, 0) is 0 Å². The molecule has 0 fully saturated rings. The number of aromatic carboxylic acids is 2. The molecule has 27 heavy (non-hydrogen) atoms. The molecule has 1 aromatic carbocycles. The van der Waals surface area contributed by atoms with E-state index in [9.17, 15) is 39.5 Å². The van der Waals surface area contributed by atoms with E-state index < -0.39 is 67.7 Å². The predicted octanol–water partition coefficient (Wildman–Crippen LogP) is 0.715. The number of nitrogens with two attached hydrogens (primary N) is 1. The quantitative estimate of drug-likeness (QED) is 0.326. The van der Waals surface area contributed by atoms with Crippen LogP contribution in [0.15, 0.2) is 23.0 Å². The van der Waals surface area contributed by atoms with E-state index in [1.807, 2.05) is 4.98 Å². The third-order valence-electron chi connectivity index (χ3n) is 3.57. The van der Waals surface area contributed by atoms with Gasteiger partial charge in [-0.25, -0.2) is 14.4 Å². The average molecular weight is 377 g/mol. The van der Waals surface area contributed by atoms with Crippen molar-refractivity contribution in [2.75, 3.05) is 12.8 Å². The van der Waals surface area contributed by atoms with E-state index in [-0.39, 0.29) is 0 Å². The topological polar surface area (TPSA) is 203 Å². The highest BCUT2D eigenvalue weighted by Gasteiger charge is 2.33. The second-order valence-corrected chi connectivity index (χ2v) is 5.05. The number of nitro benzene ring substituents is 1. The summed E-state index contributed by atoms with van der Waals surface area (Å²) in [5.41, 5.74) is -0.366. The number of nitrogen functional groups attached to an aromatic ring is 1. The van der Waals surface area contributed by atoms with Gasteiger partial charge in [0.1, 0.15) is 22.5 Å². The average Bonchev–Trinajstić information content (AvgIpc) is 2.58. The minimum Gasteiger partial charge on any atom is -0.478 e. The first-order chi connectivity index (χ1) is 12.6. The van der Waals surface area contributed by atoms with Crippen molar-refractivity contribution in [2.45, 2.75) is 0 Å². The molecule has 0 aliphatic carbocycles. The molecule has 1 heterocycles. The number of methoxy groups -OCH3 is 1. The zero-order chi connectivity index (χ0) is 20.5. The van der Waals surface area contributed by atoms with Gasteiger partial charge in [0.05, 0.1) is 12.0 Å². The van der Waals surface area contributed by atoms with Gasteiger partial charge in [0.2, 0.25) is 0 Å². The van der Waals surface area contributed by atoms with E-state index in [1.54, 1.807) is 0 Å². The fraction of sp³-hybridized carbons (Fsp3) is 0.0667. The van der Waals surface area contributed by atoms with E-state index >= 15 is 0 Å². The number of benzene rings is 1. The number of carboxylic acid groups (broad SMARTS) is 2. The van der Waals surface area contributed by atoms with Crippen LogP contribution in [0.2, 0.25) is 0 Å². The summed E-state index contributed by atoms with van der Waals surface area (Å²) in [5, 5.41) is 30.1. The lowest BCUT2D eigenvalue weighted by atomic mass is 9.91. The number of nitro groups is 1. The molecule has 1 aromatic heterocycles. The summed E-state index contributed by atoms with van der Waals surface area (Å²) in [6.45, 7) is 0. The number of H-pyrrole nitrogens is 1. The molecule has 0 atom stereocenters. The molecule has 0 saturated carbocycles. The summed E-state index contributed by atoms with van der Waals surface area (Å²) in [6, 6.07) is 3.08. The first-order valence-corrected chi connectivity index (χ1v) is 7.00. The SMILES string of the molecule is COC(=O)c1c(-c2c(C(=O)O)c(N)[nH]c(=O)c2C(=O)O)cccc1[N+](=O)[O-]. The number of ether oxygens (including phenoxy) is 1. The van der Waals surface area contributed by atoms with Gasteiger partial charge in [0.25, 0.3) is 11.2 Å². The number of hydrogen-bond donors (Lipinski definition) is 4. The number of pyridine rings is 1. The van der Waals surface area contributed by atoms with Crippen LogP contribution < -0.4 is 11.3 Å². The van der Waals surface area contributed by atoms with Crippen molar-refractivity contribution >= 4 is 29.4 Å². The monoisotopic (exact) mass is 377 g/mol. The van der Waals surface area contributed by atoms with Gasteiger partial charge in [0.15, 0.2) is 0 Å². The van der Waals surface area contributed by atoms with Crippen LogP contribution in [0.1, 0.15) is 31.1 Å². The maximum absolute atomic E-state index is 12.1. The molecule has 12 heteroatoms. The molecule has 2 rings (SSSR count). The molecule has 5 N–H and O–H groups in total. The Balaban J connectivity index is 3.16. The summed E-state index contributed by atoms with van der Waals surface area (Å²) in [5.74, 6) is -5.46. The van der Waals surface area contributed by atoms with Crippen molar-refractivity contribution in [3.8, 4) is 11.1 Å². The Morgan fingerprint density at radius 2 is 1.74 bits per heavy atom. The highest BCUT2D eigenvalue weighted by molar-refractivity contribution is 6.11. The maximum atomic E-state index is 12.1. The van der Waals surface area contributed by atoms with Gasteiger partial charge < -0.3 is 25.7 Å². The minimum absolute atomic E-state index is 0.497. The van der Waals surface area contributed by atoms with Gasteiger partial charge in [-0.1, -0.05) is 12.1 Å². The maximum Gasteiger partial charge on any atom is 0.345 e. The molecule has 0 unspecified atom stereocenters. The number of aromatic amines is 1. The lowest BCUT2D eigenvalue weighted by Crippen LogP contribution is -2.25. The number of carbonyl (C=O) groups excluding carboxylic acids is 1. The van der Waals surface area contributed by atoms with Crippen molar-refractivity contribution in [2.24, 2.45) is 0 Å². The number of nitrogens with zero attached hydrogens (tertiary/aromatic N) is 1. The number of anilines is 1. The lowest BCUT2D eigenvalue weighted by molar-refractivity contribution is -0.385. The summed E-state index contributed by atoms with van der Waals surface area (Å²) in [7, 11) is 0.922. The van der Waals surface area contributed by atoms with Crippen molar-refractivity contribution in [1.29, 1.82) is 0 Å². The Labute approximate surface area is 149 Å². The smallest absolute Gasteiger partial charge is 0.345 e. The lowest BCUT2D eigenvalue weighted by Gasteiger charge is -2.14. The number of esters is 1. The summed E-state index contributed by atoms with van der Waals surface area (Å²) < 4.78 is 4.50. The molecular formula is C15H11N3O9. The second kappa shape index (κ2) is 6.95. The van der Waals surface area contributed by atoms with Gasteiger partial charge in [-0.15, -0.1) is 0 Å². The van der Waals surface area contributed by atoms with Crippen LogP contribution in [0.4, 0.5) is 11.5 Å². The third kappa shape index (κ3) is 3.18. The van der Waals surface area contributed by atoms with Gasteiger partial charge >= 0.3 is 17.9 Å². The molecule has 0 aliphatic heterocycles. The summed E-state index contributed by atoms with van der Waals surface area (Å²) >= 11 is 0. The Bertz CT molecular complexity index is 1060. The van der Waals surface area contributed by atoms with Crippen LogP contribution in [0, 0.1) is 10.1 Å². The van der Waals surface area contributed by atoms with Gasteiger partial charge in [0, 0.05) is 17.2 Å². The normalized spacial score (nSPS) is 10.3. The zero-order valence-electron chi connectivity index (χ0n) is 13.5. The number of rotatable bonds is 5. The number of nitrogens with one attached hydrogen (secondary N) is 1. The van der Waals surface area contributed by atoms with E-state index in [0.29, 0.717) is 0 Å². The van der Waals surface area contributed by atoms with Crippen molar-refractivity contribution in [1.82, 2.24) is 4.98 Å². The molecule has 0 saturated heterocycles. The predicted molar refractivity (Wildman–Crippen MR) is 88.8 cm³/mol. The fourth-order valence-corrected chi connectivity index (χ4v) is 2.53. The van der Waals surface area contributed by atoms with Crippen LogP contribution in [0.3, 0.4) is 0 Å². The highest BCUT2D eigenvalue weighted by Crippen LogP contribution is 2.36. The van der Waals surface area contributed by atoms with Crippen molar-refractivity contribution in [3.63, 3.8) is 0 Å². The molecule has 0 bridgehead atoms. The summed E-state index contributed by atoms with van der Waals surface area (Å²) in [6.07, 6.45) is 0. The number of hydrogen-bond acceptors (Lipinski definition) is 8. The molecule has 0 spiro atoms. The Kier molecular flexibility index (Phi) is 4.92. The second-order valence-electron chi connectivity index (χ2n) is 5.05. The molecule has 0 aliphatic rings. The Hall–Kier alpha value is -4.22. The number of aromatic nitrogens is 1. The standard InChI is InChI=1S/C15H11N3O9/c1-27-15(24)7-5(3-2-4-6(7)18(25)26)8-9(13(20)21)11(16)17-12(19)10(8)14(22)23/h2-4H,1H3,(H,20,21)(H,22,23)(H3,16,17,19). The van der Waals surface area contributed by atoms with Crippen LogP contribution in [0.25, 0.3) is 11.1 Å². The van der Waals surface area contributed by atoms with Crippen LogP contribution in [-0.4, -0.2) is 45.1 Å². The van der Waals surface area contributed by atoms with E-state index in [2.05, 4.69) is 4.74 Å². The van der Waals surface area contributed by atoms with Crippen molar-refractivity contribution < 1.29 is 34.3 Å². The van der Waals surface area contributed by atoms with E-state index in [0.717, 1.165) is 25.3 Å². The fourth-order valence-electron chi connectivity index (χ4n) is 2.53. The van der Waals surface area contributed by atoms with Gasteiger partial charge in [-0.3, -0.25) is 14.9 Å². The van der Waals surface area contributed by atoms with E-state index in [1.165, 1.54) is 0 Å². The largest absolute Gasteiger partial charge is 0.478 e. The highest BCUT2D eigenvalue weighted by atomic mass is 16.6. The number of carboxylic acids is 2. The van der Waals surface area contributed by atoms with Gasteiger partial charge in [-0.2, -0.15) is 0 Å². The molecule has 2 aromatic rings. The summed E-state index contributed by atoms with van der Waals surface area (Å²) in [4.78, 5) is 59.6. The molecular weight excluding hydrogens is 366 g/mol. The first kappa shape index (κ1) is 19.1. The first-order valence-electron chi connectivity index (χ1n) is 7.00.